The van der Waals surface area contributed by atoms with Crippen LogP contribution in [0, 0.1) is 11.3 Å². The van der Waals surface area contributed by atoms with E-state index in [9.17, 15) is 9.59 Å². The van der Waals surface area contributed by atoms with Gasteiger partial charge in [0.2, 0.25) is 11.7 Å². The summed E-state index contributed by atoms with van der Waals surface area (Å²) in [5, 5.41) is 3.94. The molecule has 0 bridgehead atoms. The van der Waals surface area contributed by atoms with E-state index in [2.05, 4.69) is 19.0 Å². The van der Waals surface area contributed by atoms with E-state index in [1.807, 2.05) is 16.7 Å². The fourth-order valence-corrected chi connectivity index (χ4v) is 4.17. The minimum absolute atomic E-state index is 0.0341. The Balaban J connectivity index is 1.68. The molecule has 2 aliphatic heterocycles. The van der Waals surface area contributed by atoms with Crippen molar-refractivity contribution < 1.29 is 14.1 Å². The predicted molar refractivity (Wildman–Crippen MR) is 98.7 cm³/mol. The minimum Gasteiger partial charge on any atom is -0.351 e. The summed E-state index contributed by atoms with van der Waals surface area (Å²) >= 11 is 0. The Morgan fingerprint density at radius 1 is 1.35 bits per heavy atom. The van der Waals surface area contributed by atoms with Crippen molar-refractivity contribution in [2.24, 2.45) is 11.3 Å². The smallest absolute Gasteiger partial charge is 0.292 e. The van der Waals surface area contributed by atoms with Gasteiger partial charge in [-0.05, 0) is 38.0 Å². The van der Waals surface area contributed by atoms with Crippen molar-refractivity contribution in [2.45, 2.75) is 59.3 Å². The number of likely N-dealkylation sites (tertiary alicyclic amines) is 2. The summed E-state index contributed by atoms with van der Waals surface area (Å²) in [6.07, 6.45) is 5.33. The fraction of sp³-hybridized carbons (Fsp3) is 0.750. The molecule has 0 saturated carbocycles. The molecule has 0 aromatic carbocycles. The van der Waals surface area contributed by atoms with Gasteiger partial charge in [0, 0.05) is 44.1 Å². The number of amides is 2. The number of aromatic nitrogens is 1. The van der Waals surface area contributed by atoms with Crippen LogP contribution in [0.1, 0.15) is 69.1 Å². The number of aryl methyl sites for hydroxylation is 1. The number of carbonyl (C=O) groups is 2. The maximum Gasteiger partial charge on any atom is 0.292 e. The van der Waals surface area contributed by atoms with Crippen molar-refractivity contribution in [3.05, 3.63) is 17.5 Å². The largest absolute Gasteiger partial charge is 0.351 e. The third kappa shape index (κ3) is 4.10. The van der Waals surface area contributed by atoms with Crippen molar-refractivity contribution >= 4 is 11.8 Å². The molecule has 26 heavy (non-hydrogen) atoms. The molecule has 1 aromatic rings. The average Bonchev–Trinajstić information content (AvgIpc) is 3.11. The first-order valence-corrected chi connectivity index (χ1v) is 9.95. The van der Waals surface area contributed by atoms with Crippen LogP contribution >= 0.6 is 0 Å². The second-order valence-electron chi connectivity index (χ2n) is 8.36. The molecule has 1 atom stereocenters. The third-order valence-electron chi connectivity index (χ3n) is 5.81. The van der Waals surface area contributed by atoms with E-state index in [0.717, 1.165) is 57.4 Å². The van der Waals surface area contributed by atoms with E-state index in [-0.39, 0.29) is 17.2 Å². The van der Waals surface area contributed by atoms with Gasteiger partial charge in [-0.15, -0.1) is 0 Å². The summed E-state index contributed by atoms with van der Waals surface area (Å²) in [6.45, 7) is 9.43. The van der Waals surface area contributed by atoms with Crippen LogP contribution in [0.15, 0.2) is 10.6 Å². The van der Waals surface area contributed by atoms with Crippen LogP contribution in [-0.2, 0) is 11.2 Å². The van der Waals surface area contributed by atoms with Gasteiger partial charge in [0.05, 0.1) is 5.69 Å². The summed E-state index contributed by atoms with van der Waals surface area (Å²) in [6, 6.07) is 1.75. The highest BCUT2D eigenvalue weighted by Gasteiger charge is 2.43. The van der Waals surface area contributed by atoms with Crippen LogP contribution in [0.2, 0.25) is 0 Å². The Morgan fingerprint density at radius 3 is 2.85 bits per heavy atom. The molecule has 6 heteroatoms. The number of hydrogen-bond donors (Lipinski definition) is 0. The Hall–Kier alpha value is -1.85. The molecule has 6 nitrogen and oxygen atoms in total. The molecule has 3 heterocycles. The van der Waals surface area contributed by atoms with E-state index in [0.29, 0.717) is 24.6 Å². The minimum atomic E-state index is -0.0677. The molecule has 0 aliphatic carbocycles. The van der Waals surface area contributed by atoms with Crippen molar-refractivity contribution in [3.63, 3.8) is 0 Å². The van der Waals surface area contributed by atoms with Crippen LogP contribution in [0.3, 0.4) is 0 Å². The highest BCUT2D eigenvalue weighted by atomic mass is 16.5. The molecule has 0 unspecified atom stereocenters. The van der Waals surface area contributed by atoms with Crippen LogP contribution in [0.4, 0.5) is 0 Å². The summed E-state index contributed by atoms with van der Waals surface area (Å²) in [5.41, 5.74) is 0.843. The van der Waals surface area contributed by atoms with Crippen molar-refractivity contribution in [3.8, 4) is 0 Å². The number of rotatable bonds is 5. The zero-order valence-corrected chi connectivity index (χ0v) is 16.3. The maximum atomic E-state index is 12.8. The second-order valence-corrected chi connectivity index (χ2v) is 8.36. The molecule has 0 N–H and O–H groups in total. The van der Waals surface area contributed by atoms with Gasteiger partial charge in [-0.1, -0.05) is 25.9 Å². The second kappa shape index (κ2) is 7.80. The van der Waals surface area contributed by atoms with Crippen molar-refractivity contribution in [2.75, 3.05) is 26.2 Å². The van der Waals surface area contributed by atoms with E-state index >= 15 is 0 Å². The number of carbonyl (C=O) groups excluding carboxylic acids is 2. The van der Waals surface area contributed by atoms with Crippen LogP contribution in [-0.4, -0.2) is 52.9 Å². The van der Waals surface area contributed by atoms with Crippen LogP contribution in [0.25, 0.3) is 0 Å². The molecule has 2 aliphatic rings. The number of hydrogen-bond acceptors (Lipinski definition) is 4. The Kier molecular flexibility index (Phi) is 5.68. The summed E-state index contributed by atoms with van der Waals surface area (Å²) in [4.78, 5) is 29.1. The molecule has 3 rings (SSSR count). The molecule has 2 fully saturated rings. The van der Waals surface area contributed by atoms with Crippen LogP contribution < -0.4 is 0 Å². The van der Waals surface area contributed by atoms with E-state index in [4.69, 9.17) is 4.52 Å². The Bertz CT molecular complexity index is 654. The first-order chi connectivity index (χ1) is 12.4. The molecule has 1 spiro atoms. The van der Waals surface area contributed by atoms with Gasteiger partial charge in [-0.3, -0.25) is 9.59 Å². The monoisotopic (exact) mass is 361 g/mol. The molecule has 144 valence electrons. The lowest BCUT2D eigenvalue weighted by molar-refractivity contribution is -0.139. The summed E-state index contributed by atoms with van der Waals surface area (Å²) < 4.78 is 5.24. The van der Waals surface area contributed by atoms with Crippen LogP contribution in [0.5, 0.6) is 0 Å². The lowest BCUT2D eigenvalue weighted by Crippen LogP contribution is -2.55. The lowest BCUT2D eigenvalue weighted by Gasteiger charge is -2.48. The first-order valence-electron chi connectivity index (χ1n) is 9.95. The highest BCUT2D eigenvalue weighted by molar-refractivity contribution is 5.91. The van der Waals surface area contributed by atoms with Gasteiger partial charge in [-0.2, -0.15) is 0 Å². The zero-order valence-electron chi connectivity index (χ0n) is 16.3. The Labute approximate surface area is 155 Å². The molecule has 2 amide bonds. The topological polar surface area (TPSA) is 66.7 Å². The molecule has 0 radical (unpaired) electrons. The van der Waals surface area contributed by atoms with Gasteiger partial charge in [0.1, 0.15) is 0 Å². The van der Waals surface area contributed by atoms with E-state index in [1.54, 1.807) is 6.07 Å². The average molecular weight is 361 g/mol. The van der Waals surface area contributed by atoms with Gasteiger partial charge < -0.3 is 14.3 Å². The summed E-state index contributed by atoms with van der Waals surface area (Å²) in [5.74, 6) is 1.12. The standard InChI is InChI=1S/C20H31N3O3/c1-4-16-12-17(26-21-16)19(25)23-10-5-8-20(14-23)9-6-18(24)22(13-20)11-7-15(2)3/h12,15H,4-11,13-14H2,1-3H3/t20-/m0/s1. The highest BCUT2D eigenvalue weighted by Crippen LogP contribution is 2.39. The molecular weight excluding hydrogens is 330 g/mol. The van der Waals surface area contributed by atoms with E-state index in [1.165, 1.54) is 0 Å². The van der Waals surface area contributed by atoms with Gasteiger partial charge in [-0.25, -0.2) is 0 Å². The predicted octanol–water partition coefficient (Wildman–Crippen LogP) is 3.13. The third-order valence-corrected chi connectivity index (χ3v) is 5.81. The molecular formula is C20H31N3O3. The summed E-state index contributed by atoms with van der Waals surface area (Å²) in [7, 11) is 0. The SMILES string of the molecule is CCc1cc(C(=O)N2CCC[C@@]3(CCC(=O)N(CCC(C)C)C3)C2)on1. The quantitative estimate of drug-likeness (QED) is 0.808. The van der Waals surface area contributed by atoms with E-state index < -0.39 is 0 Å². The lowest BCUT2D eigenvalue weighted by atomic mass is 9.73. The normalized spacial score (nSPS) is 23.9. The Morgan fingerprint density at radius 2 is 2.15 bits per heavy atom. The van der Waals surface area contributed by atoms with Gasteiger partial charge in [0.25, 0.3) is 5.91 Å². The molecule has 1 aromatic heterocycles. The molecule has 2 saturated heterocycles. The van der Waals surface area contributed by atoms with Crippen molar-refractivity contribution in [1.29, 1.82) is 0 Å². The van der Waals surface area contributed by atoms with Gasteiger partial charge in [0.15, 0.2) is 0 Å². The fourth-order valence-electron chi connectivity index (χ4n) is 4.17. The zero-order chi connectivity index (χ0) is 18.7. The number of nitrogens with zero attached hydrogens (tertiary/aromatic N) is 3. The maximum absolute atomic E-state index is 12.8. The van der Waals surface area contributed by atoms with Gasteiger partial charge >= 0.3 is 0 Å². The first kappa shape index (κ1) is 18.9. The van der Waals surface area contributed by atoms with Crippen molar-refractivity contribution in [1.82, 2.24) is 15.0 Å². The number of piperidine rings is 2.